The molecule has 0 saturated heterocycles. The van der Waals surface area contributed by atoms with E-state index >= 15 is 0 Å². The molecule has 3 unspecified atom stereocenters. The van der Waals surface area contributed by atoms with Crippen molar-refractivity contribution in [3.8, 4) is 5.75 Å². The standard InChI is InChI=1S/C20H25F3O2/c1-11-9-12-10-13(24)3-4-14(12)15-5-7-18(2)16(17(11)15)6-8-19(18,25)20(21,22)23/h3-4,10-11,15-17,24-25H,5-9H2,1-2H3/t11-,15?,16?,17?,18-,19+/m0/s1. The molecule has 25 heavy (non-hydrogen) atoms. The van der Waals surface area contributed by atoms with Gasteiger partial charge in [0.15, 0.2) is 5.60 Å². The highest BCUT2D eigenvalue weighted by molar-refractivity contribution is 5.41. The third-order valence-corrected chi connectivity index (χ3v) is 7.68. The van der Waals surface area contributed by atoms with Crippen LogP contribution in [0.4, 0.5) is 13.2 Å². The highest BCUT2D eigenvalue weighted by atomic mass is 19.4. The van der Waals surface area contributed by atoms with Crippen LogP contribution in [0.2, 0.25) is 0 Å². The SMILES string of the molecule is C[C@H]1Cc2cc(O)ccc2C2CC[C@@]3(C)C(CC[C@]3(O)C(F)(F)F)C21. The number of phenols is 1. The highest BCUT2D eigenvalue weighted by Crippen LogP contribution is 2.68. The van der Waals surface area contributed by atoms with Crippen molar-refractivity contribution < 1.29 is 23.4 Å². The summed E-state index contributed by atoms with van der Waals surface area (Å²) in [5.74, 6) is 0.770. The molecule has 0 radical (unpaired) electrons. The molecule has 1 aromatic rings. The van der Waals surface area contributed by atoms with E-state index in [-0.39, 0.29) is 35.8 Å². The Hall–Kier alpha value is -1.23. The van der Waals surface area contributed by atoms with Gasteiger partial charge in [-0.15, -0.1) is 0 Å². The van der Waals surface area contributed by atoms with Crippen LogP contribution < -0.4 is 0 Å². The molecule has 3 aliphatic rings. The Labute approximate surface area is 146 Å². The summed E-state index contributed by atoms with van der Waals surface area (Å²) in [5.41, 5.74) is -1.36. The van der Waals surface area contributed by atoms with E-state index < -0.39 is 17.2 Å². The third-order valence-electron chi connectivity index (χ3n) is 7.68. The second kappa shape index (κ2) is 5.15. The van der Waals surface area contributed by atoms with E-state index in [2.05, 4.69) is 6.92 Å². The Morgan fingerprint density at radius 2 is 1.88 bits per heavy atom. The number of fused-ring (bicyclic) bond motifs is 5. The summed E-state index contributed by atoms with van der Waals surface area (Å²) in [6.45, 7) is 3.77. The summed E-state index contributed by atoms with van der Waals surface area (Å²) in [4.78, 5) is 0. The summed E-state index contributed by atoms with van der Waals surface area (Å²) in [6, 6.07) is 5.43. The fraction of sp³-hybridized carbons (Fsp3) is 0.700. The van der Waals surface area contributed by atoms with Crippen molar-refractivity contribution in [1.82, 2.24) is 0 Å². The smallest absolute Gasteiger partial charge is 0.417 e. The number of halogens is 3. The first kappa shape index (κ1) is 17.2. The van der Waals surface area contributed by atoms with E-state index in [1.807, 2.05) is 6.07 Å². The Morgan fingerprint density at radius 1 is 1.16 bits per heavy atom. The summed E-state index contributed by atoms with van der Waals surface area (Å²) < 4.78 is 41.1. The molecular weight excluding hydrogens is 329 g/mol. The van der Waals surface area contributed by atoms with E-state index in [1.165, 1.54) is 5.56 Å². The van der Waals surface area contributed by atoms with Gasteiger partial charge in [-0.3, -0.25) is 0 Å². The zero-order chi connectivity index (χ0) is 18.2. The quantitative estimate of drug-likeness (QED) is 0.703. The van der Waals surface area contributed by atoms with Gasteiger partial charge in [0, 0.05) is 5.41 Å². The van der Waals surface area contributed by atoms with Crippen LogP contribution in [-0.2, 0) is 6.42 Å². The van der Waals surface area contributed by atoms with Gasteiger partial charge in [0.1, 0.15) is 5.75 Å². The van der Waals surface area contributed by atoms with Gasteiger partial charge in [-0.2, -0.15) is 13.2 Å². The molecule has 0 aliphatic heterocycles. The first-order chi connectivity index (χ1) is 11.6. The van der Waals surface area contributed by atoms with Crippen LogP contribution in [0.3, 0.4) is 0 Å². The highest BCUT2D eigenvalue weighted by Gasteiger charge is 2.71. The summed E-state index contributed by atoms with van der Waals surface area (Å²) in [5, 5.41) is 20.4. The molecule has 3 aliphatic carbocycles. The monoisotopic (exact) mass is 354 g/mol. The lowest BCUT2D eigenvalue weighted by molar-refractivity contribution is -0.301. The summed E-state index contributed by atoms with van der Waals surface area (Å²) in [7, 11) is 0. The molecular formula is C20H25F3O2. The zero-order valence-electron chi connectivity index (χ0n) is 14.6. The van der Waals surface area contributed by atoms with Gasteiger partial charge in [0.2, 0.25) is 0 Å². The number of phenolic OH excluding ortho intramolecular Hbond substituents is 1. The minimum atomic E-state index is -4.58. The van der Waals surface area contributed by atoms with E-state index in [4.69, 9.17) is 0 Å². The van der Waals surface area contributed by atoms with Crippen molar-refractivity contribution in [2.24, 2.45) is 23.2 Å². The Bertz CT molecular complexity index is 701. The molecule has 0 aromatic heterocycles. The van der Waals surface area contributed by atoms with Crippen molar-refractivity contribution in [3.05, 3.63) is 29.3 Å². The molecule has 0 spiro atoms. The van der Waals surface area contributed by atoms with Crippen LogP contribution in [0.15, 0.2) is 18.2 Å². The van der Waals surface area contributed by atoms with Crippen molar-refractivity contribution in [3.63, 3.8) is 0 Å². The van der Waals surface area contributed by atoms with Crippen LogP contribution in [0.25, 0.3) is 0 Å². The molecule has 1 aromatic carbocycles. The third kappa shape index (κ3) is 2.14. The first-order valence-electron chi connectivity index (χ1n) is 9.19. The summed E-state index contributed by atoms with van der Waals surface area (Å²) in [6.07, 6.45) is -2.49. The van der Waals surface area contributed by atoms with E-state index in [1.54, 1.807) is 19.1 Å². The molecule has 5 heteroatoms. The maximum atomic E-state index is 13.7. The Balaban J connectivity index is 1.75. The second-order valence-electron chi connectivity index (χ2n) is 8.71. The normalized spacial score (nSPS) is 43.3. The van der Waals surface area contributed by atoms with Crippen molar-refractivity contribution in [2.45, 2.75) is 63.6 Å². The molecule has 2 saturated carbocycles. The number of hydrogen-bond acceptors (Lipinski definition) is 2. The average molecular weight is 354 g/mol. The largest absolute Gasteiger partial charge is 0.508 e. The van der Waals surface area contributed by atoms with Gasteiger partial charge >= 0.3 is 6.18 Å². The molecule has 4 rings (SSSR count). The fourth-order valence-corrected chi connectivity index (χ4v) is 6.45. The lowest BCUT2D eigenvalue weighted by Crippen LogP contribution is -2.59. The number of benzene rings is 1. The fourth-order valence-electron chi connectivity index (χ4n) is 6.45. The molecule has 0 bridgehead atoms. The molecule has 6 atom stereocenters. The predicted octanol–water partition coefficient (Wildman–Crippen LogP) is 4.79. The first-order valence-corrected chi connectivity index (χ1v) is 9.19. The molecule has 138 valence electrons. The zero-order valence-corrected chi connectivity index (χ0v) is 14.6. The molecule has 0 amide bonds. The van der Waals surface area contributed by atoms with Crippen molar-refractivity contribution in [2.75, 3.05) is 0 Å². The van der Waals surface area contributed by atoms with E-state index in [0.717, 1.165) is 12.0 Å². The number of alkyl halides is 3. The number of rotatable bonds is 0. The second-order valence-corrected chi connectivity index (χ2v) is 8.71. The predicted molar refractivity (Wildman–Crippen MR) is 88.3 cm³/mol. The minimum absolute atomic E-state index is 0.116. The molecule has 2 N–H and O–H groups in total. The number of aliphatic hydroxyl groups is 1. The van der Waals surface area contributed by atoms with Crippen molar-refractivity contribution in [1.29, 1.82) is 0 Å². The van der Waals surface area contributed by atoms with Crippen LogP contribution >= 0.6 is 0 Å². The van der Waals surface area contributed by atoms with Gasteiger partial charge in [0.25, 0.3) is 0 Å². The minimum Gasteiger partial charge on any atom is -0.508 e. The molecule has 2 fully saturated rings. The van der Waals surface area contributed by atoms with E-state index in [9.17, 15) is 23.4 Å². The number of aromatic hydroxyl groups is 1. The van der Waals surface area contributed by atoms with Gasteiger partial charge < -0.3 is 10.2 Å². The maximum absolute atomic E-state index is 13.7. The Morgan fingerprint density at radius 3 is 2.56 bits per heavy atom. The van der Waals surface area contributed by atoms with Gasteiger partial charge in [-0.1, -0.05) is 19.9 Å². The lowest BCUT2D eigenvalue weighted by Gasteiger charge is -2.55. The van der Waals surface area contributed by atoms with Gasteiger partial charge in [0.05, 0.1) is 0 Å². The number of hydrogen-bond donors (Lipinski definition) is 2. The average Bonchev–Trinajstić information content (AvgIpc) is 2.79. The van der Waals surface area contributed by atoms with E-state index in [0.29, 0.717) is 19.3 Å². The molecule has 2 nitrogen and oxygen atoms in total. The Kier molecular flexibility index (Phi) is 3.54. The lowest BCUT2D eigenvalue weighted by atomic mass is 9.51. The van der Waals surface area contributed by atoms with Crippen LogP contribution in [0.1, 0.15) is 56.6 Å². The van der Waals surface area contributed by atoms with Crippen LogP contribution in [-0.4, -0.2) is 22.0 Å². The van der Waals surface area contributed by atoms with Crippen molar-refractivity contribution >= 4 is 0 Å². The van der Waals surface area contributed by atoms with Gasteiger partial charge in [-0.05, 0) is 79.0 Å². The molecule has 0 heterocycles. The van der Waals surface area contributed by atoms with Crippen LogP contribution in [0.5, 0.6) is 5.75 Å². The topological polar surface area (TPSA) is 40.5 Å². The van der Waals surface area contributed by atoms with Gasteiger partial charge in [-0.25, -0.2) is 0 Å². The maximum Gasteiger partial charge on any atom is 0.417 e. The summed E-state index contributed by atoms with van der Waals surface area (Å²) >= 11 is 0. The van der Waals surface area contributed by atoms with Crippen LogP contribution in [0, 0.1) is 23.2 Å².